The standard InChI is InChI=1S/C13H17BN2O5/c1-13(2,3)21-12(18)16-15-11(17)8-4-5-9-7-20-14(19)10(9)6-8/h4-6,19H,7H2,1-3H3,(H,15,17)(H,16,18). The van der Waals surface area contributed by atoms with E-state index in [0.717, 1.165) is 5.56 Å². The fourth-order valence-electron chi connectivity index (χ4n) is 1.84. The molecule has 0 fully saturated rings. The van der Waals surface area contributed by atoms with Crippen LogP contribution in [0.15, 0.2) is 18.2 Å². The largest absolute Gasteiger partial charge is 0.491 e. The van der Waals surface area contributed by atoms with Crippen LogP contribution in [0, 0.1) is 0 Å². The minimum atomic E-state index is -1.02. The summed E-state index contributed by atoms with van der Waals surface area (Å²) in [5.41, 5.74) is 5.44. The molecule has 0 saturated heterocycles. The van der Waals surface area contributed by atoms with Crippen LogP contribution in [-0.4, -0.2) is 29.7 Å². The molecule has 2 amide bonds. The highest BCUT2D eigenvalue weighted by Gasteiger charge is 2.28. The van der Waals surface area contributed by atoms with Crippen molar-refractivity contribution in [3.63, 3.8) is 0 Å². The van der Waals surface area contributed by atoms with E-state index in [1.807, 2.05) is 0 Å². The lowest BCUT2D eigenvalue weighted by atomic mass is 9.79. The van der Waals surface area contributed by atoms with Crippen LogP contribution < -0.4 is 16.3 Å². The molecule has 2 rings (SSSR count). The minimum absolute atomic E-state index is 0.300. The Hall–Kier alpha value is -2.06. The van der Waals surface area contributed by atoms with Gasteiger partial charge in [-0.3, -0.25) is 10.2 Å². The molecule has 3 N–H and O–H groups in total. The van der Waals surface area contributed by atoms with E-state index in [0.29, 0.717) is 17.6 Å². The predicted octanol–water partition coefficient (Wildman–Crippen LogP) is 0.0738. The van der Waals surface area contributed by atoms with Gasteiger partial charge in [-0.25, -0.2) is 10.2 Å². The molecule has 1 aromatic rings. The van der Waals surface area contributed by atoms with Crippen LogP contribution in [0.4, 0.5) is 4.79 Å². The van der Waals surface area contributed by atoms with Crippen LogP contribution in [0.3, 0.4) is 0 Å². The first-order chi connectivity index (χ1) is 9.76. The van der Waals surface area contributed by atoms with Crippen LogP contribution in [-0.2, 0) is 16.0 Å². The van der Waals surface area contributed by atoms with Gasteiger partial charge in [-0.05, 0) is 43.9 Å². The maximum Gasteiger partial charge on any atom is 0.491 e. The molecule has 0 bridgehead atoms. The Morgan fingerprint density at radius 1 is 1.33 bits per heavy atom. The Morgan fingerprint density at radius 2 is 2.05 bits per heavy atom. The molecule has 0 aromatic heterocycles. The highest BCUT2D eigenvalue weighted by Crippen LogP contribution is 2.11. The fourth-order valence-corrected chi connectivity index (χ4v) is 1.84. The predicted molar refractivity (Wildman–Crippen MR) is 75.7 cm³/mol. The quantitative estimate of drug-likeness (QED) is 0.503. The molecular formula is C13H17BN2O5. The number of carbonyl (C=O) groups excluding carboxylic acids is 2. The summed E-state index contributed by atoms with van der Waals surface area (Å²) in [6, 6.07) is 4.82. The Morgan fingerprint density at radius 3 is 2.71 bits per heavy atom. The van der Waals surface area contributed by atoms with Crippen molar-refractivity contribution in [2.75, 3.05) is 0 Å². The third-order valence-corrected chi connectivity index (χ3v) is 2.75. The van der Waals surface area contributed by atoms with E-state index in [-0.39, 0.29) is 0 Å². The Labute approximate surface area is 122 Å². The smallest absolute Gasteiger partial charge is 0.443 e. The molecule has 21 heavy (non-hydrogen) atoms. The van der Waals surface area contributed by atoms with Gasteiger partial charge in [0.05, 0.1) is 6.61 Å². The Kier molecular flexibility index (Phi) is 4.20. The first kappa shape index (κ1) is 15.3. The van der Waals surface area contributed by atoms with E-state index in [1.165, 1.54) is 6.07 Å². The van der Waals surface area contributed by atoms with E-state index in [4.69, 9.17) is 9.39 Å². The number of carbonyl (C=O) groups is 2. The van der Waals surface area contributed by atoms with Crippen molar-refractivity contribution in [1.82, 2.24) is 10.9 Å². The second-order valence-electron chi connectivity index (χ2n) is 5.66. The molecule has 8 heteroatoms. The molecule has 112 valence electrons. The Balaban J connectivity index is 1.95. The van der Waals surface area contributed by atoms with Crippen molar-refractivity contribution < 1.29 is 24.0 Å². The molecule has 0 radical (unpaired) electrons. The zero-order chi connectivity index (χ0) is 15.6. The number of amides is 2. The number of hydrogen-bond donors (Lipinski definition) is 3. The van der Waals surface area contributed by atoms with E-state index in [2.05, 4.69) is 10.9 Å². The van der Waals surface area contributed by atoms with Crippen LogP contribution in [0.1, 0.15) is 36.7 Å². The van der Waals surface area contributed by atoms with Gasteiger partial charge in [0.2, 0.25) is 0 Å². The van der Waals surface area contributed by atoms with Gasteiger partial charge in [0, 0.05) is 5.56 Å². The lowest BCUT2D eigenvalue weighted by Crippen LogP contribution is -2.44. The van der Waals surface area contributed by atoms with Crippen molar-refractivity contribution in [2.45, 2.75) is 33.0 Å². The van der Waals surface area contributed by atoms with Gasteiger partial charge in [-0.2, -0.15) is 0 Å². The van der Waals surface area contributed by atoms with Gasteiger partial charge in [-0.15, -0.1) is 0 Å². The molecule has 0 saturated carbocycles. The number of benzene rings is 1. The molecule has 1 heterocycles. The van der Waals surface area contributed by atoms with E-state index in [9.17, 15) is 14.6 Å². The molecule has 0 unspecified atom stereocenters. The number of ether oxygens (including phenoxy) is 1. The molecule has 1 aliphatic rings. The SMILES string of the molecule is CC(C)(C)OC(=O)NNC(=O)c1ccc2c(c1)B(O)OC2. The van der Waals surface area contributed by atoms with Crippen molar-refractivity contribution in [3.05, 3.63) is 29.3 Å². The first-order valence-electron chi connectivity index (χ1n) is 6.48. The van der Waals surface area contributed by atoms with E-state index in [1.54, 1.807) is 32.9 Å². The zero-order valence-electron chi connectivity index (χ0n) is 12.1. The molecule has 1 aliphatic heterocycles. The summed E-state index contributed by atoms with van der Waals surface area (Å²) in [7, 11) is -1.02. The second-order valence-corrected chi connectivity index (χ2v) is 5.66. The number of hydrogen-bond acceptors (Lipinski definition) is 5. The van der Waals surface area contributed by atoms with Gasteiger partial charge in [0.1, 0.15) is 5.60 Å². The second kappa shape index (κ2) is 5.75. The van der Waals surface area contributed by atoms with Crippen LogP contribution in [0.25, 0.3) is 0 Å². The van der Waals surface area contributed by atoms with Crippen LogP contribution in [0.5, 0.6) is 0 Å². The highest BCUT2D eigenvalue weighted by atomic mass is 16.6. The lowest BCUT2D eigenvalue weighted by molar-refractivity contribution is 0.0483. The highest BCUT2D eigenvalue weighted by molar-refractivity contribution is 6.61. The average Bonchev–Trinajstić information content (AvgIpc) is 2.75. The monoisotopic (exact) mass is 292 g/mol. The maximum atomic E-state index is 11.9. The van der Waals surface area contributed by atoms with Gasteiger partial charge < -0.3 is 14.4 Å². The number of nitrogens with one attached hydrogen (secondary N) is 2. The summed E-state index contributed by atoms with van der Waals surface area (Å²) in [4.78, 5) is 23.3. The maximum absolute atomic E-state index is 11.9. The third-order valence-electron chi connectivity index (χ3n) is 2.75. The molecule has 0 aliphatic carbocycles. The van der Waals surface area contributed by atoms with E-state index >= 15 is 0 Å². The first-order valence-corrected chi connectivity index (χ1v) is 6.48. The molecule has 1 aromatic carbocycles. The summed E-state index contributed by atoms with van der Waals surface area (Å²) in [6.45, 7) is 5.47. The van der Waals surface area contributed by atoms with Gasteiger partial charge in [0.15, 0.2) is 0 Å². The number of fused-ring (bicyclic) bond motifs is 1. The van der Waals surface area contributed by atoms with Gasteiger partial charge in [-0.1, -0.05) is 6.07 Å². The lowest BCUT2D eigenvalue weighted by Gasteiger charge is -2.19. The van der Waals surface area contributed by atoms with Crippen molar-refractivity contribution in [1.29, 1.82) is 0 Å². The fraction of sp³-hybridized carbons (Fsp3) is 0.385. The number of rotatable bonds is 1. The molecule has 0 atom stereocenters. The third kappa shape index (κ3) is 3.96. The topological polar surface area (TPSA) is 96.9 Å². The number of hydrazine groups is 1. The summed E-state index contributed by atoms with van der Waals surface area (Å²) >= 11 is 0. The van der Waals surface area contributed by atoms with Gasteiger partial charge >= 0.3 is 13.2 Å². The summed E-state index contributed by atoms with van der Waals surface area (Å²) in [5.74, 6) is -0.511. The summed E-state index contributed by atoms with van der Waals surface area (Å²) in [6.07, 6.45) is -0.750. The van der Waals surface area contributed by atoms with Crippen molar-refractivity contribution in [3.8, 4) is 0 Å². The summed E-state index contributed by atoms with van der Waals surface area (Å²) in [5, 5.41) is 9.59. The van der Waals surface area contributed by atoms with Crippen molar-refractivity contribution >= 4 is 24.6 Å². The molecule has 7 nitrogen and oxygen atoms in total. The minimum Gasteiger partial charge on any atom is -0.443 e. The summed E-state index contributed by atoms with van der Waals surface area (Å²) < 4.78 is 10.0. The van der Waals surface area contributed by atoms with Crippen LogP contribution >= 0.6 is 0 Å². The van der Waals surface area contributed by atoms with Gasteiger partial charge in [0.25, 0.3) is 5.91 Å². The van der Waals surface area contributed by atoms with E-state index < -0.39 is 24.7 Å². The average molecular weight is 292 g/mol. The van der Waals surface area contributed by atoms with Crippen LogP contribution in [0.2, 0.25) is 0 Å². The van der Waals surface area contributed by atoms with Crippen molar-refractivity contribution in [2.24, 2.45) is 0 Å². The zero-order valence-corrected chi connectivity index (χ0v) is 12.1. The normalized spacial score (nSPS) is 13.6. The molecular weight excluding hydrogens is 275 g/mol. The Bertz CT molecular complexity index is 570. The molecule has 0 spiro atoms.